The zero-order valence-corrected chi connectivity index (χ0v) is 13.3. The molecular weight excluding hydrogens is 298 g/mol. The van der Waals surface area contributed by atoms with Crippen molar-refractivity contribution < 1.29 is 9.90 Å². The summed E-state index contributed by atoms with van der Waals surface area (Å²) in [5, 5.41) is 17.3. The van der Waals surface area contributed by atoms with Gasteiger partial charge in [-0.15, -0.1) is 0 Å². The summed E-state index contributed by atoms with van der Waals surface area (Å²) in [7, 11) is 1.88. The number of rotatable bonds is 4. The molecule has 5 nitrogen and oxygen atoms in total. The van der Waals surface area contributed by atoms with E-state index in [0.29, 0.717) is 18.7 Å². The molecule has 1 fully saturated rings. The van der Waals surface area contributed by atoms with Crippen molar-refractivity contribution >= 4 is 17.7 Å². The van der Waals surface area contributed by atoms with Gasteiger partial charge in [0.1, 0.15) is 0 Å². The lowest BCUT2D eigenvalue weighted by Gasteiger charge is -2.20. The number of hydrogen-bond acceptors (Lipinski definition) is 4. The predicted octanol–water partition coefficient (Wildman–Crippen LogP) is 1.57. The third-order valence-electron chi connectivity index (χ3n) is 3.90. The van der Waals surface area contributed by atoms with E-state index >= 15 is 0 Å². The maximum Gasteiger partial charge on any atom is 0.253 e. The van der Waals surface area contributed by atoms with Crippen molar-refractivity contribution in [2.45, 2.75) is 18.6 Å². The summed E-state index contributed by atoms with van der Waals surface area (Å²) in [5.74, 6) is 1.03. The molecule has 2 heterocycles. The van der Waals surface area contributed by atoms with E-state index < -0.39 is 5.60 Å². The van der Waals surface area contributed by atoms with Crippen LogP contribution >= 0.6 is 11.8 Å². The highest BCUT2D eigenvalue weighted by Gasteiger charge is 2.39. The summed E-state index contributed by atoms with van der Waals surface area (Å²) in [5.41, 5.74) is 1.86. The van der Waals surface area contributed by atoms with Crippen molar-refractivity contribution in [2.24, 2.45) is 7.05 Å². The Bertz CT molecular complexity index is 678. The molecule has 1 aliphatic rings. The third-order valence-corrected chi connectivity index (χ3v) is 5.07. The first-order chi connectivity index (χ1) is 10.6. The molecule has 0 spiro atoms. The van der Waals surface area contributed by atoms with Gasteiger partial charge in [0, 0.05) is 31.1 Å². The molecule has 116 valence electrons. The van der Waals surface area contributed by atoms with E-state index in [1.807, 2.05) is 43.7 Å². The smallest absolute Gasteiger partial charge is 0.253 e. The van der Waals surface area contributed by atoms with E-state index in [1.54, 1.807) is 16.4 Å². The normalized spacial score (nSPS) is 21.0. The fourth-order valence-electron chi connectivity index (χ4n) is 2.59. The second-order valence-corrected chi connectivity index (χ2v) is 6.68. The van der Waals surface area contributed by atoms with Crippen LogP contribution in [0.25, 0.3) is 11.1 Å². The summed E-state index contributed by atoms with van der Waals surface area (Å²) in [6, 6.07) is 7.91. The number of thioether (sulfide) groups is 1. The highest BCUT2D eigenvalue weighted by molar-refractivity contribution is 7.99. The minimum Gasteiger partial charge on any atom is -0.379 e. The van der Waals surface area contributed by atoms with Gasteiger partial charge in [-0.1, -0.05) is 24.3 Å². The van der Waals surface area contributed by atoms with E-state index in [1.165, 1.54) is 0 Å². The quantitative estimate of drug-likeness (QED) is 0.898. The van der Waals surface area contributed by atoms with Crippen LogP contribution in [0.4, 0.5) is 0 Å². The molecule has 1 unspecified atom stereocenters. The number of aromatic nitrogens is 2. The topological polar surface area (TPSA) is 67.2 Å². The Morgan fingerprint density at radius 1 is 1.50 bits per heavy atom. The summed E-state index contributed by atoms with van der Waals surface area (Å²) in [6.45, 7) is 0.400. The molecule has 3 rings (SSSR count). The molecule has 2 N–H and O–H groups in total. The van der Waals surface area contributed by atoms with Crippen LogP contribution in [0.1, 0.15) is 12.0 Å². The van der Waals surface area contributed by atoms with Gasteiger partial charge in [-0.2, -0.15) is 16.9 Å². The van der Waals surface area contributed by atoms with E-state index in [4.69, 9.17) is 0 Å². The summed E-state index contributed by atoms with van der Waals surface area (Å²) >= 11 is 1.61. The van der Waals surface area contributed by atoms with Gasteiger partial charge in [-0.3, -0.25) is 9.48 Å². The number of nitrogens with zero attached hydrogens (tertiary/aromatic N) is 2. The van der Waals surface area contributed by atoms with Crippen molar-refractivity contribution in [3.05, 3.63) is 42.2 Å². The Morgan fingerprint density at radius 3 is 3.00 bits per heavy atom. The lowest BCUT2D eigenvalue weighted by Crippen LogP contribution is -2.46. The first-order valence-corrected chi connectivity index (χ1v) is 8.39. The molecule has 1 amide bonds. The number of aryl methyl sites for hydroxylation is 1. The molecular formula is C16H19N3O2S. The molecule has 1 aromatic carbocycles. The number of carbonyl (C=O) groups is 1. The highest BCUT2D eigenvalue weighted by atomic mass is 32.2. The fraction of sp³-hybridized carbons (Fsp3) is 0.375. The van der Waals surface area contributed by atoms with Crippen LogP contribution in [0.2, 0.25) is 0 Å². The maximum absolute atomic E-state index is 12.2. The Balaban J connectivity index is 1.74. The molecule has 1 atom stereocenters. The van der Waals surface area contributed by atoms with E-state index in [9.17, 15) is 9.90 Å². The van der Waals surface area contributed by atoms with Crippen molar-refractivity contribution in [3.8, 4) is 11.1 Å². The Labute approximate surface area is 133 Å². The zero-order valence-electron chi connectivity index (χ0n) is 12.5. The molecule has 0 bridgehead atoms. The summed E-state index contributed by atoms with van der Waals surface area (Å²) in [4.78, 5) is 12.2. The fourth-order valence-corrected chi connectivity index (χ4v) is 3.83. The lowest BCUT2D eigenvalue weighted by atomic mass is 10.0. The Kier molecular flexibility index (Phi) is 4.22. The Morgan fingerprint density at radius 2 is 2.32 bits per heavy atom. The van der Waals surface area contributed by atoms with Gasteiger partial charge in [0.05, 0.1) is 6.20 Å². The standard InChI is InChI=1S/C16H19N3O2S/c1-19-10-13(9-18-19)14-5-3-2-4-12(14)8-17-15(20)16(21)6-7-22-11-16/h2-5,9-10,21H,6-8,11H2,1H3,(H,17,20). The van der Waals surface area contributed by atoms with Gasteiger partial charge in [0.2, 0.25) is 0 Å². The van der Waals surface area contributed by atoms with Gasteiger partial charge in [0.15, 0.2) is 5.60 Å². The van der Waals surface area contributed by atoms with Crippen LogP contribution < -0.4 is 5.32 Å². The first-order valence-electron chi connectivity index (χ1n) is 7.24. The maximum atomic E-state index is 12.2. The monoisotopic (exact) mass is 317 g/mol. The van der Waals surface area contributed by atoms with Crippen molar-refractivity contribution in [2.75, 3.05) is 11.5 Å². The molecule has 0 saturated carbocycles. The van der Waals surface area contributed by atoms with Crippen LogP contribution in [-0.2, 0) is 18.4 Å². The largest absolute Gasteiger partial charge is 0.379 e. The second kappa shape index (κ2) is 6.14. The van der Waals surface area contributed by atoms with Gasteiger partial charge in [-0.05, 0) is 23.3 Å². The van der Waals surface area contributed by atoms with Crippen LogP contribution in [0.15, 0.2) is 36.7 Å². The minimum absolute atomic E-state index is 0.279. The van der Waals surface area contributed by atoms with Crippen molar-refractivity contribution in [1.82, 2.24) is 15.1 Å². The number of carbonyl (C=O) groups excluding carboxylic acids is 1. The van der Waals surface area contributed by atoms with Crippen LogP contribution in [0, 0.1) is 0 Å². The van der Waals surface area contributed by atoms with E-state index in [2.05, 4.69) is 10.4 Å². The van der Waals surface area contributed by atoms with Crippen LogP contribution in [-0.4, -0.2) is 37.9 Å². The summed E-state index contributed by atoms with van der Waals surface area (Å²) in [6.07, 6.45) is 4.28. The molecule has 6 heteroatoms. The second-order valence-electron chi connectivity index (χ2n) is 5.58. The SMILES string of the molecule is Cn1cc(-c2ccccc2CNC(=O)C2(O)CCSC2)cn1. The third kappa shape index (κ3) is 3.03. The van der Waals surface area contributed by atoms with Gasteiger partial charge in [-0.25, -0.2) is 0 Å². The van der Waals surface area contributed by atoms with Crippen LogP contribution in [0.3, 0.4) is 0 Å². The number of hydrogen-bond donors (Lipinski definition) is 2. The number of benzene rings is 1. The van der Waals surface area contributed by atoms with Crippen molar-refractivity contribution in [3.63, 3.8) is 0 Å². The molecule has 1 saturated heterocycles. The zero-order chi connectivity index (χ0) is 15.6. The average Bonchev–Trinajstić information content (AvgIpc) is 3.15. The number of nitrogens with one attached hydrogen (secondary N) is 1. The van der Waals surface area contributed by atoms with Gasteiger partial charge in [0.25, 0.3) is 5.91 Å². The molecule has 0 radical (unpaired) electrons. The average molecular weight is 317 g/mol. The molecule has 1 aromatic heterocycles. The summed E-state index contributed by atoms with van der Waals surface area (Å²) < 4.78 is 1.75. The minimum atomic E-state index is -1.21. The number of amides is 1. The van der Waals surface area contributed by atoms with Gasteiger partial charge < -0.3 is 10.4 Å². The lowest BCUT2D eigenvalue weighted by molar-refractivity contribution is -0.137. The first kappa shape index (κ1) is 15.1. The van der Waals surface area contributed by atoms with E-state index in [0.717, 1.165) is 22.4 Å². The molecule has 2 aromatic rings. The highest BCUT2D eigenvalue weighted by Crippen LogP contribution is 2.28. The van der Waals surface area contributed by atoms with Crippen molar-refractivity contribution in [1.29, 1.82) is 0 Å². The molecule has 22 heavy (non-hydrogen) atoms. The van der Waals surface area contributed by atoms with Crippen LogP contribution in [0.5, 0.6) is 0 Å². The number of aliphatic hydroxyl groups is 1. The Hall–Kier alpha value is -1.79. The molecule has 0 aliphatic carbocycles. The predicted molar refractivity (Wildman–Crippen MR) is 87.4 cm³/mol. The van der Waals surface area contributed by atoms with E-state index in [-0.39, 0.29) is 5.91 Å². The molecule has 1 aliphatic heterocycles. The van der Waals surface area contributed by atoms with Gasteiger partial charge >= 0.3 is 0 Å².